The first-order valence-electron chi connectivity index (χ1n) is 11.9. The molecule has 0 aliphatic heterocycles. The molecule has 0 aliphatic rings. The number of rotatable bonds is 11. The van der Waals surface area contributed by atoms with Gasteiger partial charge < -0.3 is 20.7 Å². The van der Waals surface area contributed by atoms with Crippen molar-refractivity contribution in [2.75, 3.05) is 35.6 Å². The first-order chi connectivity index (χ1) is 17.4. The summed E-state index contributed by atoms with van der Waals surface area (Å²) in [7, 11) is 0. The SMILES string of the molecule is CCOc1ccccc1NC(=O)C(c1ccccc1)N(CC)CC(=O)Nc1ccc(NC(C)=O)cc1. The summed E-state index contributed by atoms with van der Waals surface area (Å²) in [6.07, 6.45) is 0. The number of amides is 3. The van der Waals surface area contributed by atoms with Gasteiger partial charge in [0.15, 0.2) is 0 Å². The van der Waals surface area contributed by atoms with Crippen LogP contribution in [0.4, 0.5) is 17.1 Å². The molecule has 0 bridgehead atoms. The van der Waals surface area contributed by atoms with Gasteiger partial charge in [0.1, 0.15) is 11.8 Å². The third-order valence-electron chi connectivity index (χ3n) is 5.42. The number of nitrogens with zero attached hydrogens (tertiary/aromatic N) is 1. The fourth-order valence-electron chi connectivity index (χ4n) is 3.83. The largest absolute Gasteiger partial charge is 0.492 e. The lowest BCUT2D eigenvalue weighted by atomic mass is 10.0. The van der Waals surface area contributed by atoms with Crippen LogP contribution in [0.3, 0.4) is 0 Å². The van der Waals surface area contributed by atoms with Crippen molar-refractivity contribution >= 4 is 34.8 Å². The molecule has 1 unspecified atom stereocenters. The van der Waals surface area contributed by atoms with Crippen molar-refractivity contribution in [2.45, 2.75) is 26.8 Å². The number of anilines is 3. The van der Waals surface area contributed by atoms with E-state index < -0.39 is 6.04 Å². The summed E-state index contributed by atoms with van der Waals surface area (Å²) in [5.41, 5.74) is 2.59. The van der Waals surface area contributed by atoms with E-state index in [9.17, 15) is 14.4 Å². The van der Waals surface area contributed by atoms with E-state index in [2.05, 4.69) is 16.0 Å². The average molecular weight is 489 g/mol. The molecule has 0 spiro atoms. The van der Waals surface area contributed by atoms with E-state index in [0.717, 1.165) is 5.56 Å². The molecular formula is C28H32N4O4. The number of benzene rings is 3. The first-order valence-corrected chi connectivity index (χ1v) is 11.9. The average Bonchev–Trinajstić information content (AvgIpc) is 2.86. The van der Waals surface area contributed by atoms with Gasteiger partial charge in [-0.05, 0) is 55.4 Å². The molecule has 36 heavy (non-hydrogen) atoms. The van der Waals surface area contributed by atoms with Crippen LogP contribution < -0.4 is 20.7 Å². The van der Waals surface area contributed by atoms with E-state index in [4.69, 9.17) is 4.74 Å². The van der Waals surface area contributed by atoms with Crippen LogP contribution in [0.25, 0.3) is 0 Å². The van der Waals surface area contributed by atoms with Gasteiger partial charge in [0.25, 0.3) is 0 Å². The molecule has 3 rings (SSSR count). The first kappa shape index (κ1) is 26.4. The number of hydrogen-bond acceptors (Lipinski definition) is 5. The molecule has 0 saturated carbocycles. The summed E-state index contributed by atoms with van der Waals surface area (Å²) in [4.78, 5) is 39.5. The molecule has 3 amide bonds. The molecule has 8 heteroatoms. The highest BCUT2D eigenvalue weighted by Crippen LogP contribution is 2.28. The van der Waals surface area contributed by atoms with Gasteiger partial charge in [-0.2, -0.15) is 0 Å². The zero-order valence-electron chi connectivity index (χ0n) is 20.8. The molecule has 0 saturated heterocycles. The fourth-order valence-corrected chi connectivity index (χ4v) is 3.83. The second-order valence-corrected chi connectivity index (χ2v) is 8.10. The number of hydrogen-bond donors (Lipinski definition) is 3. The summed E-state index contributed by atoms with van der Waals surface area (Å²) < 4.78 is 5.66. The second-order valence-electron chi connectivity index (χ2n) is 8.10. The molecule has 0 aromatic heterocycles. The van der Waals surface area contributed by atoms with Crippen molar-refractivity contribution in [1.29, 1.82) is 0 Å². The number of carbonyl (C=O) groups excluding carboxylic acids is 3. The Morgan fingerprint density at radius 2 is 1.42 bits per heavy atom. The predicted molar refractivity (Wildman–Crippen MR) is 142 cm³/mol. The van der Waals surface area contributed by atoms with Gasteiger partial charge in [-0.1, -0.05) is 49.4 Å². The number of nitrogens with one attached hydrogen (secondary N) is 3. The fraction of sp³-hybridized carbons (Fsp3) is 0.250. The molecule has 8 nitrogen and oxygen atoms in total. The smallest absolute Gasteiger partial charge is 0.246 e. The lowest BCUT2D eigenvalue weighted by Crippen LogP contribution is -2.41. The summed E-state index contributed by atoms with van der Waals surface area (Å²) in [5, 5.41) is 8.54. The summed E-state index contributed by atoms with van der Waals surface area (Å²) in [6, 6.07) is 22.8. The standard InChI is InChI=1S/C28H32N4O4/c1-4-32(19-26(34)30-23-17-15-22(16-18-23)29-20(3)33)27(21-11-7-6-8-12-21)28(35)31-24-13-9-10-14-25(24)36-5-2/h6-18,27H,4-5,19H2,1-3H3,(H,29,33)(H,30,34)(H,31,35). The molecule has 0 heterocycles. The van der Waals surface area contributed by atoms with E-state index >= 15 is 0 Å². The third-order valence-corrected chi connectivity index (χ3v) is 5.42. The van der Waals surface area contributed by atoms with Crippen LogP contribution in [-0.4, -0.2) is 42.3 Å². The summed E-state index contributed by atoms with van der Waals surface area (Å²) >= 11 is 0. The Bertz CT molecular complexity index is 1170. The van der Waals surface area contributed by atoms with Gasteiger partial charge in [0.05, 0.1) is 18.8 Å². The van der Waals surface area contributed by atoms with E-state index in [1.807, 2.05) is 61.2 Å². The maximum atomic E-state index is 13.6. The topological polar surface area (TPSA) is 99.8 Å². The minimum atomic E-state index is -0.696. The van der Waals surface area contributed by atoms with Crippen molar-refractivity contribution in [3.8, 4) is 5.75 Å². The molecule has 3 N–H and O–H groups in total. The Kier molecular flexibility index (Phi) is 9.59. The molecular weight excluding hydrogens is 456 g/mol. The van der Waals surface area contributed by atoms with Gasteiger partial charge in [-0.3, -0.25) is 19.3 Å². The maximum absolute atomic E-state index is 13.6. The Hall–Kier alpha value is -4.17. The van der Waals surface area contributed by atoms with E-state index in [1.165, 1.54) is 6.92 Å². The van der Waals surface area contributed by atoms with Crippen molar-refractivity contribution in [3.05, 3.63) is 84.4 Å². The van der Waals surface area contributed by atoms with Crippen LogP contribution in [0.2, 0.25) is 0 Å². The van der Waals surface area contributed by atoms with Gasteiger partial charge in [0, 0.05) is 18.3 Å². The maximum Gasteiger partial charge on any atom is 0.246 e. The van der Waals surface area contributed by atoms with Gasteiger partial charge in [0.2, 0.25) is 17.7 Å². The number of carbonyl (C=O) groups is 3. The third kappa shape index (κ3) is 7.41. The highest BCUT2D eigenvalue weighted by Gasteiger charge is 2.29. The monoisotopic (exact) mass is 488 g/mol. The Balaban J connectivity index is 1.78. The van der Waals surface area contributed by atoms with Crippen LogP contribution in [0.15, 0.2) is 78.9 Å². The summed E-state index contributed by atoms with van der Waals surface area (Å²) in [5.74, 6) is -0.0987. The van der Waals surface area contributed by atoms with Crippen LogP contribution >= 0.6 is 0 Å². The number of ether oxygens (including phenoxy) is 1. The minimum Gasteiger partial charge on any atom is -0.492 e. The molecule has 3 aromatic carbocycles. The molecule has 3 aromatic rings. The van der Waals surface area contributed by atoms with Crippen molar-refractivity contribution < 1.29 is 19.1 Å². The highest BCUT2D eigenvalue weighted by atomic mass is 16.5. The quantitative estimate of drug-likeness (QED) is 0.364. The van der Waals surface area contributed by atoms with Crippen molar-refractivity contribution in [1.82, 2.24) is 4.90 Å². The Morgan fingerprint density at radius 1 is 0.806 bits per heavy atom. The van der Waals surface area contributed by atoms with Gasteiger partial charge in [-0.15, -0.1) is 0 Å². The molecule has 0 fully saturated rings. The van der Waals surface area contributed by atoms with Gasteiger partial charge in [-0.25, -0.2) is 0 Å². The van der Waals surface area contributed by atoms with E-state index in [-0.39, 0.29) is 24.3 Å². The number of likely N-dealkylation sites (N-methyl/N-ethyl adjacent to an activating group) is 1. The van der Waals surface area contributed by atoms with Crippen LogP contribution in [0.5, 0.6) is 5.75 Å². The molecule has 188 valence electrons. The lowest BCUT2D eigenvalue weighted by Gasteiger charge is -2.30. The van der Waals surface area contributed by atoms with E-state index in [0.29, 0.717) is 36.0 Å². The number of para-hydroxylation sites is 2. The Morgan fingerprint density at radius 3 is 2.03 bits per heavy atom. The highest BCUT2D eigenvalue weighted by molar-refractivity contribution is 5.98. The van der Waals surface area contributed by atoms with Crippen LogP contribution in [-0.2, 0) is 14.4 Å². The predicted octanol–water partition coefficient (Wildman–Crippen LogP) is 4.68. The summed E-state index contributed by atoms with van der Waals surface area (Å²) in [6.45, 7) is 6.17. The van der Waals surface area contributed by atoms with Crippen LogP contribution in [0.1, 0.15) is 32.4 Å². The minimum absolute atomic E-state index is 0.00400. The molecule has 0 radical (unpaired) electrons. The van der Waals surface area contributed by atoms with Crippen molar-refractivity contribution in [3.63, 3.8) is 0 Å². The molecule has 0 aliphatic carbocycles. The van der Waals surface area contributed by atoms with Gasteiger partial charge >= 0.3 is 0 Å². The van der Waals surface area contributed by atoms with Crippen molar-refractivity contribution in [2.24, 2.45) is 0 Å². The zero-order chi connectivity index (χ0) is 25.9. The lowest BCUT2D eigenvalue weighted by molar-refractivity contribution is -0.124. The zero-order valence-corrected chi connectivity index (χ0v) is 20.8. The second kappa shape index (κ2) is 13.1. The van der Waals surface area contributed by atoms with Crippen LogP contribution in [0, 0.1) is 0 Å². The Labute approximate surface area is 211 Å². The molecule has 1 atom stereocenters. The van der Waals surface area contributed by atoms with E-state index in [1.54, 1.807) is 36.4 Å². The normalized spacial score (nSPS) is 11.4.